The molecule has 19 heavy (non-hydrogen) atoms. The van der Waals surface area contributed by atoms with Gasteiger partial charge < -0.3 is 10.1 Å². The van der Waals surface area contributed by atoms with Crippen molar-refractivity contribution < 1.29 is 4.74 Å². The Labute approximate surface area is 112 Å². The first-order valence-electron chi connectivity index (χ1n) is 6.35. The number of rotatable bonds is 6. The summed E-state index contributed by atoms with van der Waals surface area (Å²) in [7, 11) is 0. The third-order valence-electron chi connectivity index (χ3n) is 2.19. The number of anilines is 1. The zero-order valence-electron chi connectivity index (χ0n) is 11.4. The van der Waals surface area contributed by atoms with Gasteiger partial charge in [0.25, 0.3) is 5.95 Å². The van der Waals surface area contributed by atoms with Crippen LogP contribution in [-0.2, 0) is 0 Å². The van der Waals surface area contributed by atoms with E-state index in [1.807, 2.05) is 19.9 Å². The van der Waals surface area contributed by atoms with Crippen LogP contribution in [0.15, 0.2) is 18.5 Å². The zero-order valence-corrected chi connectivity index (χ0v) is 11.4. The van der Waals surface area contributed by atoms with E-state index in [0.29, 0.717) is 17.9 Å². The average Bonchev–Trinajstić information content (AvgIpc) is 2.89. The van der Waals surface area contributed by atoms with Gasteiger partial charge in [0.05, 0.1) is 6.10 Å². The molecule has 0 atom stereocenters. The van der Waals surface area contributed by atoms with Crippen LogP contribution in [0.25, 0.3) is 5.95 Å². The molecule has 0 aliphatic heterocycles. The van der Waals surface area contributed by atoms with Crippen LogP contribution < -0.4 is 10.1 Å². The zero-order chi connectivity index (χ0) is 13.7. The van der Waals surface area contributed by atoms with E-state index < -0.39 is 0 Å². The molecule has 0 bridgehead atoms. The maximum Gasteiger partial charge on any atom is 0.323 e. The number of hydrogen-bond acceptors (Lipinski definition) is 6. The van der Waals surface area contributed by atoms with E-state index in [2.05, 4.69) is 32.3 Å². The number of hydrogen-bond donors (Lipinski definition) is 1. The molecule has 0 amide bonds. The minimum Gasteiger partial charge on any atom is -0.461 e. The lowest BCUT2D eigenvalue weighted by Gasteiger charge is -2.10. The summed E-state index contributed by atoms with van der Waals surface area (Å²) in [6.45, 7) is 6.73. The third kappa shape index (κ3) is 3.64. The smallest absolute Gasteiger partial charge is 0.323 e. The Kier molecular flexibility index (Phi) is 4.27. The normalized spacial score (nSPS) is 10.7. The fourth-order valence-corrected chi connectivity index (χ4v) is 1.41. The summed E-state index contributed by atoms with van der Waals surface area (Å²) in [6.07, 6.45) is 4.44. The summed E-state index contributed by atoms with van der Waals surface area (Å²) in [6, 6.07) is 2.11. The van der Waals surface area contributed by atoms with Gasteiger partial charge in [-0.15, -0.1) is 0 Å². The molecule has 0 saturated heterocycles. The molecule has 0 radical (unpaired) electrons. The second-order valence-corrected chi connectivity index (χ2v) is 4.29. The quantitative estimate of drug-likeness (QED) is 0.853. The summed E-state index contributed by atoms with van der Waals surface area (Å²) in [5.74, 6) is 0.937. The summed E-state index contributed by atoms with van der Waals surface area (Å²) in [5.41, 5.74) is 0. The van der Waals surface area contributed by atoms with E-state index >= 15 is 0 Å². The minimum absolute atomic E-state index is 0.00639. The third-order valence-corrected chi connectivity index (χ3v) is 2.19. The molecule has 2 rings (SSSR count). The van der Waals surface area contributed by atoms with Crippen LogP contribution in [0.3, 0.4) is 0 Å². The highest BCUT2D eigenvalue weighted by molar-refractivity contribution is 5.29. The monoisotopic (exact) mass is 262 g/mol. The first kappa shape index (κ1) is 13.3. The molecule has 0 saturated carbocycles. The Hall–Kier alpha value is -2.18. The van der Waals surface area contributed by atoms with Crippen molar-refractivity contribution in [2.24, 2.45) is 0 Å². The Balaban J connectivity index is 2.31. The number of nitrogens with zero attached hydrogens (tertiary/aromatic N) is 5. The number of aromatic nitrogens is 5. The van der Waals surface area contributed by atoms with Crippen molar-refractivity contribution >= 4 is 5.95 Å². The number of nitrogens with one attached hydrogen (secondary N) is 1. The highest BCUT2D eigenvalue weighted by Crippen LogP contribution is 2.11. The fourth-order valence-electron chi connectivity index (χ4n) is 1.41. The first-order chi connectivity index (χ1) is 9.19. The Bertz CT molecular complexity index is 511. The summed E-state index contributed by atoms with van der Waals surface area (Å²) < 4.78 is 7.11. The van der Waals surface area contributed by atoms with Gasteiger partial charge in [-0.1, -0.05) is 6.92 Å². The van der Waals surface area contributed by atoms with Gasteiger partial charge in [0.1, 0.15) is 0 Å². The lowest BCUT2D eigenvalue weighted by molar-refractivity contribution is 0.221. The van der Waals surface area contributed by atoms with Gasteiger partial charge in [0.2, 0.25) is 5.95 Å². The Morgan fingerprint density at radius 1 is 1.32 bits per heavy atom. The van der Waals surface area contributed by atoms with Gasteiger partial charge in [0.15, 0.2) is 0 Å². The van der Waals surface area contributed by atoms with E-state index in [1.54, 1.807) is 17.1 Å². The second-order valence-electron chi connectivity index (χ2n) is 4.29. The Morgan fingerprint density at radius 2 is 2.16 bits per heavy atom. The van der Waals surface area contributed by atoms with E-state index in [1.165, 1.54) is 0 Å². The predicted octanol–water partition coefficient (Wildman–Crippen LogP) is 1.67. The van der Waals surface area contributed by atoms with Gasteiger partial charge in [0, 0.05) is 18.9 Å². The molecular weight excluding hydrogens is 244 g/mol. The molecule has 2 aromatic rings. The summed E-state index contributed by atoms with van der Waals surface area (Å²) in [5, 5.41) is 7.24. The van der Waals surface area contributed by atoms with Gasteiger partial charge >= 0.3 is 6.01 Å². The molecule has 0 spiro atoms. The molecule has 0 fully saturated rings. The van der Waals surface area contributed by atoms with E-state index in [0.717, 1.165) is 13.0 Å². The van der Waals surface area contributed by atoms with Crippen molar-refractivity contribution in [3.63, 3.8) is 0 Å². The van der Waals surface area contributed by atoms with Crippen LogP contribution in [0.1, 0.15) is 27.2 Å². The van der Waals surface area contributed by atoms with Gasteiger partial charge in [-0.3, -0.25) is 0 Å². The highest BCUT2D eigenvalue weighted by atomic mass is 16.5. The second kappa shape index (κ2) is 6.12. The summed E-state index contributed by atoms with van der Waals surface area (Å²) in [4.78, 5) is 12.8. The van der Waals surface area contributed by atoms with Crippen molar-refractivity contribution in [2.45, 2.75) is 33.3 Å². The maximum absolute atomic E-state index is 5.53. The molecule has 7 heteroatoms. The molecular formula is C12H18N6O. The SMILES string of the molecule is CCCNc1nc(OC(C)C)nc(-n2cccn2)n1. The Morgan fingerprint density at radius 3 is 2.79 bits per heavy atom. The van der Waals surface area contributed by atoms with Crippen molar-refractivity contribution in [1.82, 2.24) is 24.7 Å². The number of ether oxygens (including phenoxy) is 1. The lowest BCUT2D eigenvalue weighted by Crippen LogP contribution is -2.14. The van der Waals surface area contributed by atoms with E-state index in [-0.39, 0.29) is 6.10 Å². The average molecular weight is 262 g/mol. The molecule has 2 aromatic heterocycles. The first-order valence-corrected chi connectivity index (χ1v) is 6.35. The molecule has 102 valence electrons. The van der Waals surface area contributed by atoms with E-state index in [4.69, 9.17) is 4.74 Å². The van der Waals surface area contributed by atoms with Crippen molar-refractivity contribution in [2.75, 3.05) is 11.9 Å². The van der Waals surface area contributed by atoms with Crippen LogP contribution in [-0.4, -0.2) is 37.4 Å². The molecule has 7 nitrogen and oxygen atoms in total. The summed E-state index contributed by atoms with van der Waals surface area (Å²) >= 11 is 0. The fraction of sp³-hybridized carbons (Fsp3) is 0.500. The lowest BCUT2D eigenvalue weighted by atomic mass is 10.5. The highest BCUT2D eigenvalue weighted by Gasteiger charge is 2.10. The van der Waals surface area contributed by atoms with Crippen molar-refractivity contribution in [3.8, 4) is 12.0 Å². The van der Waals surface area contributed by atoms with Crippen LogP contribution in [0.4, 0.5) is 5.95 Å². The van der Waals surface area contributed by atoms with Gasteiger partial charge in [-0.05, 0) is 26.3 Å². The van der Waals surface area contributed by atoms with Gasteiger partial charge in [-0.25, -0.2) is 4.68 Å². The molecule has 2 heterocycles. The molecule has 0 aliphatic carbocycles. The van der Waals surface area contributed by atoms with Gasteiger partial charge in [-0.2, -0.15) is 20.1 Å². The van der Waals surface area contributed by atoms with Crippen LogP contribution in [0.5, 0.6) is 6.01 Å². The van der Waals surface area contributed by atoms with E-state index in [9.17, 15) is 0 Å². The van der Waals surface area contributed by atoms with Crippen molar-refractivity contribution in [3.05, 3.63) is 18.5 Å². The van der Waals surface area contributed by atoms with Crippen LogP contribution >= 0.6 is 0 Å². The van der Waals surface area contributed by atoms with Crippen LogP contribution in [0, 0.1) is 0 Å². The topological polar surface area (TPSA) is 77.8 Å². The standard InChI is InChI=1S/C12H18N6O/c1-4-6-13-10-15-11(18-8-5-7-14-18)17-12(16-10)19-9(2)3/h5,7-9H,4,6H2,1-3H3,(H,13,15,16,17). The molecule has 0 aliphatic rings. The maximum atomic E-state index is 5.53. The molecule has 0 aromatic carbocycles. The predicted molar refractivity (Wildman–Crippen MR) is 71.5 cm³/mol. The van der Waals surface area contributed by atoms with Crippen LogP contribution in [0.2, 0.25) is 0 Å². The molecule has 0 unspecified atom stereocenters. The van der Waals surface area contributed by atoms with Crippen molar-refractivity contribution in [1.29, 1.82) is 0 Å². The largest absolute Gasteiger partial charge is 0.461 e. The minimum atomic E-state index is 0.00639. The molecule has 1 N–H and O–H groups in total.